The Kier molecular flexibility index (Phi) is 7.17. The second-order valence-electron chi connectivity index (χ2n) is 14.1. The highest BCUT2D eigenvalue weighted by molar-refractivity contribution is 6.10. The van der Waals surface area contributed by atoms with Crippen LogP contribution in [0.15, 0.2) is 209 Å². The van der Waals surface area contributed by atoms with Crippen LogP contribution >= 0.6 is 0 Å². The zero-order valence-electron chi connectivity index (χ0n) is 29.8. The predicted molar refractivity (Wildman–Crippen MR) is 229 cm³/mol. The molecule has 2 aromatic heterocycles. The highest BCUT2D eigenvalue weighted by Crippen LogP contribution is 2.44. The van der Waals surface area contributed by atoms with Gasteiger partial charge in [-0.15, -0.1) is 0 Å². The van der Waals surface area contributed by atoms with Crippen molar-refractivity contribution in [1.82, 2.24) is 0 Å². The van der Waals surface area contributed by atoms with E-state index in [1.165, 1.54) is 16.3 Å². The molecule has 9 aromatic carbocycles. The van der Waals surface area contributed by atoms with E-state index in [2.05, 4.69) is 181 Å². The van der Waals surface area contributed by atoms with E-state index in [9.17, 15) is 0 Å². The number of para-hydroxylation sites is 4. The summed E-state index contributed by atoms with van der Waals surface area (Å²) in [5.74, 6) is 0. The predicted octanol–water partition coefficient (Wildman–Crippen LogP) is 15.1. The third-order valence-corrected chi connectivity index (χ3v) is 10.9. The van der Waals surface area contributed by atoms with Crippen LogP contribution in [0.2, 0.25) is 0 Å². The van der Waals surface area contributed by atoms with Crippen LogP contribution in [-0.4, -0.2) is 0 Å². The Hall–Kier alpha value is -7.36. The summed E-state index contributed by atoms with van der Waals surface area (Å²) in [6.07, 6.45) is 0. The summed E-state index contributed by atoms with van der Waals surface area (Å²) in [4.78, 5) is 2.37. The summed E-state index contributed by atoms with van der Waals surface area (Å²) in [6, 6.07) is 71.0. The van der Waals surface area contributed by atoms with Gasteiger partial charge in [0.25, 0.3) is 0 Å². The Bertz CT molecular complexity index is 3220. The fourth-order valence-electron chi connectivity index (χ4n) is 8.29. The number of benzene rings is 9. The van der Waals surface area contributed by atoms with Gasteiger partial charge in [0, 0.05) is 44.0 Å². The maximum absolute atomic E-state index is 6.44. The molecule has 0 N–H and O–H groups in total. The molecule has 0 unspecified atom stereocenters. The van der Waals surface area contributed by atoms with Gasteiger partial charge in [0.2, 0.25) is 0 Å². The summed E-state index contributed by atoms with van der Waals surface area (Å²) in [6.45, 7) is 0. The van der Waals surface area contributed by atoms with Crippen molar-refractivity contribution in [2.75, 3.05) is 4.90 Å². The Balaban J connectivity index is 1.08. The third-order valence-electron chi connectivity index (χ3n) is 10.9. The number of furan rings is 2. The molecule has 0 amide bonds. The number of fused-ring (bicyclic) bond motifs is 7. The van der Waals surface area contributed by atoms with Crippen LogP contribution in [0.4, 0.5) is 17.1 Å². The number of hydrogen-bond acceptors (Lipinski definition) is 3. The van der Waals surface area contributed by atoms with Crippen molar-refractivity contribution in [1.29, 1.82) is 0 Å². The van der Waals surface area contributed by atoms with Gasteiger partial charge in [-0.3, -0.25) is 0 Å². The average molecular weight is 704 g/mol. The molecule has 3 nitrogen and oxygen atoms in total. The van der Waals surface area contributed by atoms with E-state index in [1.54, 1.807) is 0 Å². The Morgan fingerprint density at radius 1 is 0.309 bits per heavy atom. The van der Waals surface area contributed by atoms with Crippen molar-refractivity contribution in [2.45, 2.75) is 0 Å². The largest absolute Gasteiger partial charge is 0.456 e. The topological polar surface area (TPSA) is 29.5 Å². The summed E-state index contributed by atoms with van der Waals surface area (Å²) >= 11 is 0. The van der Waals surface area contributed by atoms with E-state index in [4.69, 9.17) is 8.83 Å². The highest BCUT2D eigenvalue weighted by Gasteiger charge is 2.20. The van der Waals surface area contributed by atoms with Crippen molar-refractivity contribution < 1.29 is 8.83 Å². The van der Waals surface area contributed by atoms with Crippen molar-refractivity contribution in [3.8, 4) is 33.4 Å². The average Bonchev–Trinajstić information content (AvgIpc) is 3.82. The zero-order chi connectivity index (χ0) is 36.3. The lowest BCUT2D eigenvalue weighted by atomic mass is 9.97. The Morgan fingerprint density at radius 2 is 0.891 bits per heavy atom. The van der Waals surface area contributed by atoms with E-state index in [1.807, 2.05) is 24.3 Å². The maximum Gasteiger partial charge on any atom is 0.143 e. The molecule has 258 valence electrons. The lowest BCUT2D eigenvalue weighted by Crippen LogP contribution is -2.11. The molecule has 0 saturated heterocycles. The second kappa shape index (κ2) is 12.6. The van der Waals surface area contributed by atoms with Gasteiger partial charge in [-0.1, -0.05) is 146 Å². The van der Waals surface area contributed by atoms with Gasteiger partial charge in [0.1, 0.15) is 22.3 Å². The Labute approximate surface area is 317 Å². The first kappa shape index (κ1) is 31.2. The van der Waals surface area contributed by atoms with E-state index < -0.39 is 0 Å². The summed E-state index contributed by atoms with van der Waals surface area (Å²) < 4.78 is 12.8. The quantitative estimate of drug-likeness (QED) is 0.173. The van der Waals surface area contributed by atoms with Crippen LogP contribution in [0.3, 0.4) is 0 Å². The number of nitrogens with zero attached hydrogens (tertiary/aromatic N) is 1. The molecule has 2 heterocycles. The minimum Gasteiger partial charge on any atom is -0.456 e. The molecule has 0 atom stereocenters. The van der Waals surface area contributed by atoms with Gasteiger partial charge in [-0.2, -0.15) is 0 Å². The lowest BCUT2D eigenvalue weighted by Gasteiger charge is -2.28. The maximum atomic E-state index is 6.44. The van der Waals surface area contributed by atoms with Gasteiger partial charge >= 0.3 is 0 Å². The van der Waals surface area contributed by atoms with Crippen LogP contribution in [0.1, 0.15) is 0 Å². The molecular weight excluding hydrogens is 671 g/mol. The monoisotopic (exact) mass is 703 g/mol. The van der Waals surface area contributed by atoms with Crippen LogP contribution in [0.5, 0.6) is 0 Å². The molecule has 0 spiro atoms. The third kappa shape index (κ3) is 5.20. The molecule has 0 saturated carbocycles. The molecule has 0 radical (unpaired) electrons. The molecule has 0 aliphatic rings. The van der Waals surface area contributed by atoms with Crippen molar-refractivity contribution in [2.24, 2.45) is 0 Å². The fraction of sp³-hybridized carbons (Fsp3) is 0. The van der Waals surface area contributed by atoms with Gasteiger partial charge in [0.05, 0.1) is 5.69 Å². The first-order valence-electron chi connectivity index (χ1n) is 18.7. The van der Waals surface area contributed by atoms with Crippen molar-refractivity contribution in [3.63, 3.8) is 0 Å². The second-order valence-corrected chi connectivity index (χ2v) is 14.1. The van der Waals surface area contributed by atoms with E-state index in [0.29, 0.717) is 0 Å². The highest BCUT2D eigenvalue weighted by atomic mass is 16.3. The Morgan fingerprint density at radius 3 is 1.76 bits per heavy atom. The number of rotatable bonds is 6. The summed E-state index contributed by atoms with van der Waals surface area (Å²) in [5.41, 5.74) is 13.5. The summed E-state index contributed by atoms with van der Waals surface area (Å²) in [5, 5.41) is 6.96. The number of hydrogen-bond donors (Lipinski definition) is 0. The van der Waals surface area contributed by atoms with Gasteiger partial charge in [-0.05, 0) is 87.6 Å². The van der Waals surface area contributed by atoms with Gasteiger partial charge < -0.3 is 13.7 Å². The zero-order valence-corrected chi connectivity index (χ0v) is 29.8. The molecule has 11 rings (SSSR count). The SMILES string of the molecule is c1cc(-c2cccc3ccccc23)cc(N(c2ccc(-c3cccc4c3oc3ccccc34)cc2)c2ccccc2-c2ccc3c(c2)oc2ccccc23)c1. The first-order valence-corrected chi connectivity index (χ1v) is 18.7. The minimum atomic E-state index is 0.877. The molecule has 55 heavy (non-hydrogen) atoms. The fourth-order valence-corrected chi connectivity index (χ4v) is 8.29. The molecule has 3 heteroatoms. The molecule has 0 fully saturated rings. The standard InChI is InChI=1S/C52H33NO2/c1-2-16-40-34(12-1)13-10-20-41(40)36-14-9-15-39(32-36)53(38-29-26-35(27-30-38)43-21-11-22-47-45-19-5-8-25-50(45)55-52(43)47)48-23-6-3-17-42(48)37-28-31-46-44-18-4-7-24-49(44)54-51(46)33-37/h1-33H. The lowest BCUT2D eigenvalue weighted by molar-refractivity contribution is 0.669. The minimum absolute atomic E-state index is 0.877. The van der Waals surface area contributed by atoms with Crippen LogP contribution in [0, 0.1) is 0 Å². The molecular formula is C52H33NO2. The van der Waals surface area contributed by atoms with E-state index in [0.717, 1.165) is 88.8 Å². The summed E-state index contributed by atoms with van der Waals surface area (Å²) in [7, 11) is 0. The van der Waals surface area contributed by atoms with Gasteiger partial charge in [0.15, 0.2) is 0 Å². The molecule has 0 aliphatic heterocycles. The van der Waals surface area contributed by atoms with E-state index in [-0.39, 0.29) is 0 Å². The molecule has 0 aliphatic carbocycles. The van der Waals surface area contributed by atoms with Crippen molar-refractivity contribution in [3.05, 3.63) is 200 Å². The first-order chi connectivity index (χ1) is 27.3. The normalized spacial score (nSPS) is 11.6. The van der Waals surface area contributed by atoms with Crippen molar-refractivity contribution >= 4 is 71.7 Å². The molecule has 11 aromatic rings. The van der Waals surface area contributed by atoms with Crippen LogP contribution < -0.4 is 4.90 Å². The smallest absolute Gasteiger partial charge is 0.143 e. The van der Waals surface area contributed by atoms with Crippen LogP contribution in [-0.2, 0) is 0 Å². The number of anilines is 3. The van der Waals surface area contributed by atoms with Crippen LogP contribution in [0.25, 0.3) is 88.0 Å². The molecule has 0 bridgehead atoms. The van der Waals surface area contributed by atoms with Gasteiger partial charge in [-0.25, -0.2) is 0 Å². The van der Waals surface area contributed by atoms with E-state index >= 15 is 0 Å².